The van der Waals surface area contributed by atoms with E-state index < -0.39 is 30.4 Å². The highest BCUT2D eigenvalue weighted by molar-refractivity contribution is 7.15. The van der Waals surface area contributed by atoms with E-state index in [1.807, 2.05) is 0 Å². The minimum absolute atomic E-state index is 0.433. The predicted octanol–water partition coefficient (Wildman–Crippen LogP) is 0.472. The molecule has 1 heterocycles. The number of nitrogens with one attached hydrogen (secondary N) is 2. The molecule has 0 saturated heterocycles. The SMILES string of the molecule is NC(=O)CC(NC(=O)Nc1nc2c(s1)CCCC2)C(=O)O. The van der Waals surface area contributed by atoms with Crippen molar-refractivity contribution in [1.82, 2.24) is 10.3 Å². The van der Waals surface area contributed by atoms with Crippen LogP contribution in [0.3, 0.4) is 0 Å². The van der Waals surface area contributed by atoms with Crippen LogP contribution in [0.2, 0.25) is 0 Å². The number of nitrogens with zero attached hydrogens (tertiary/aromatic N) is 1. The highest BCUT2D eigenvalue weighted by atomic mass is 32.1. The van der Waals surface area contributed by atoms with Gasteiger partial charge in [0, 0.05) is 4.88 Å². The van der Waals surface area contributed by atoms with E-state index in [1.165, 1.54) is 11.3 Å². The van der Waals surface area contributed by atoms with Gasteiger partial charge in [0.1, 0.15) is 6.04 Å². The number of carbonyl (C=O) groups is 3. The number of primary amides is 1. The molecule has 2 rings (SSSR count). The third kappa shape index (κ3) is 4.15. The summed E-state index contributed by atoms with van der Waals surface area (Å²) in [6.07, 6.45) is 3.59. The van der Waals surface area contributed by atoms with E-state index in [2.05, 4.69) is 15.6 Å². The van der Waals surface area contributed by atoms with Gasteiger partial charge in [0.05, 0.1) is 12.1 Å². The number of amides is 3. The van der Waals surface area contributed by atoms with Gasteiger partial charge >= 0.3 is 12.0 Å². The van der Waals surface area contributed by atoms with Crippen molar-refractivity contribution in [3.8, 4) is 0 Å². The number of carboxylic acids is 1. The molecule has 1 aromatic rings. The summed E-state index contributed by atoms with van der Waals surface area (Å²) in [6.45, 7) is 0. The van der Waals surface area contributed by atoms with Crippen LogP contribution in [0.5, 0.6) is 0 Å². The van der Waals surface area contributed by atoms with Gasteiger partial charge in [-0.2, -0.15) is 0 Å². The molecule has 1 aliphatic carbocycles. The van der Waals surface area contributed by atoms with E-state index in [0.29, 0.717) is 5.13 Å². The van der Waals surface area contributed by atoms with E-state index in [4.69, 9.17) is 10.8 Å². The second-order valence-electron chi connectivity index (χ2n) is 4.76. The molecule has 5 N–H and O–H groups in total. The van der Waals surface area contributed by atoms with Gasteiger partial charge in [0.25, 0.3) is 0 Å². The first kappa shape index (κ1) is 15.2. The number of rotatable bonds is 5. The van der Waals surface area contributed by atoms with Gasteiger partial charge in [-0.1, -0.05) is 0 Å². The fourth-order valence-electron chi connectivity index (χ4n) is 2.10. The largest absolute Gasteiger partial charge is 0.480 e. The van der Waals surface area contributed by atoms with Crippen LogP contribution in [0, 0.1) is 0 Å². The van der Waals surface area contributed by atoms with Crippen LogP contribution in [0.4, 0.5) is 9.93 Å². The van der Waals surface area contributed by atoms with Gasteiger partial charge in [0.15, 0.2) is 5.13 Å². The molecule has 1 aromatic heterocycles. The maximum atomic E-state index is 11.8. The third-order valence-corrected chi connectivity index (χ3v) is 4.15. The maximum Gasteiger partial charge on any atom is 0.326 e. The molecule has 0 radical (unpaired) electrons. The van der Waals surface area contributed by atoms with Gasteiger partial charge in [-0.25, -0.2) is 14.6 Å². The molecule has 21 heavy (non-hydrogen) atoms. The average molecular weight is 312 g/mol. The van der Waals surface area contributed by atoms with Crippen molar-refractivity contribution in [2.45, 2.75) is 38.1 Å². The van der Waals surface area contributed by atoms with Crippen molar-refractivity contribution in [1.29, 1.82) is 0 Å². The molecule has 1 atom stereocenters. The molecule has 1 aliphatic rings. The fourth-order valence-corrected chi connectivity index (χ4v) is 3.14. The molecule has 1 unspecified atom stereocenters. The third-order valence-electron chi connectivity index (χ3n) is 3.07. The van der Waals surface area contributed by atoms with Crippen LogP contribution in [0.15, 0.2) is 0 Å². The Morgan fingerprint density at radius 3 is 2.67 bits per heavy atom. The summed E-state index contributed by atoms with van der Waals surface area (Å²) in [6, 6.07) is -2.06. The standard InChI is InChI=1S/C12H16N4O4S/c13-9(17)5-7(10(18)19)14-11(20)16-12-15-6-3-1-2-4-8(6)21-12/h7H,1-5H2,(H2,13,17)(H,18,19)(H2,14,15,16,20). The Bertz CT molecular complexity index is 548. The zero-order valence-electron chi connectivity index (χ0n) is 11.2. The highest BCUT2D eigenvalue weighted by Crippen LogP contribution is 2.29. The number of urea groups is 1. The smallest absolute Gasteiger partial charge is 0.326 e. The molecular weight excluding hydrogens is 296 g/mol. The molecule has 0 saturated carbocycles. The molecule has 8 nitrogen and oxygen atoms in total. The number of anilines is 1. The summed E-state index contributed by atoms with van der Waals surface area (Å²) >= 11 is 1.39. The number of carboxylic acid groups (broad SMARTS) is 1. The molecule has 114 valence electrons. The van der Waals surface area contributed by atoms with Crippen molar-refractivity contribution < 1.29 is 19.5 Å². The molecular formula is C12H16N4O4S. The molecule has 0 spiro atoms. The highest BCUT2D eigenvalue weighted by Gasteiger charge is 2.23. The Labute approximate surface area is 124 Å². The minimum atomic E-state index is -1.35. The number of aromatic nitrogens is 1. The Kier molecular flexibility index (Phi) is 4.73. The number of aliphatic carboxylic acids is 1. The predicted molar refractivity (Wildman–Crippen MR) is 76.1 cm³/mol. The summed E-state index contributed by atoms with van der Waals surface area (Å²) < 4.78 is 0. The number of carbonyl (C=O) groups excluding carboxylic acids is 2. The molecule has 3 amide bonds. The first-order valence-electron chi connectivity index (χ1n) is 6.53. The average Bonchev–Trinajstić information content (AvgIpc) is 2.79. The van der Waals surface area contributed by atoms with Gasteiger partial charge < -0.3 is 16.2 Å². The molecule has 9 heteroatoms. The first-order valence-corrected chi connectivity index (χ1v) is 7.34. The van der Waals surface area contributed by atoms with Crippen molar-refractivity contribution >= 4 is 34.4 Å². The quantitative estimate of drug-likeness (QED) is 0.627. The topological polar surface area (TPSA) is 134 Å². The van der Waals surface area contributed by atoms with Gasteiger partial charge in [-0.05, 0) is 25.7 Å². The molecule has 0 aliphatic heterocycles. The number of thiazole rings is 1. The lowest BCUT2D eigenvalue weighted by Gasteiger charge is -2.12. The second kappa shape index (κ2) is 6.53. The van der Waals surface area contributed by atoms with E-state index in [1.54, 1.807) is 0 Å². The number of aryl methyl sites for hydroxylation is 2. The van der Waals surface area contributed by atoms with Crippen molar-refractivity contribution in [2.75, 3.05) is 5.32 Å². The zero-order valence-corrected chi connectivity index (χ0v) is 12.0. The van der Waals surface area contributed by atoms with Crippen LogP contribution < -0.4 is 16.4 Å². The normalized spacial score (nSPS) is 14.9. The summed E-state index contributed by atoms with van der Waals surface area (Å²) in [5.74, 6) is -2.12. The summed E-state index contributed by atoms with van der Waals surface area (Å²) in [4.78, 5) is 38.9. The molecule has 0 fully saturated rings. The summed E-state index contributed by atoms with van der Waals surface area (Å²) in [5.41, 5.74) is 5.94. The first-order chi connectivity index (χ1) is 9.95. The number of fused-ring (bicyclic) bond motifs is 1. The fraction of sp³-hybridized carbons (Fsp3) is 0.500. The van der Waals surface area contributed by atoms with Gasteiger partial charge in [0.2, 0.25) is 5.91 Å². The van der Waals surface area contributed by atoms with Gasteiger partial charge in [-0.15, -0.1) is 11.3 Å². The number of hydrogen-bond donors (Lipinski definition) is 4. The van der Waals surface area contributed by atoms with Crippen molar-refractivity contribution in [3.63, 3.8) is 0 Å². The Morgan fingerprint density at radius 2 is 2.05 bits per heavy atom. The van der Waals surface area contributed by atoms with E-state index in [9.17, 15) is 14.4 Å². The van der Waals surface area contributed by atoms with Crippen LogP contribution in [0.25, 0.3) is 0 Å². The monoisotopic (exact) mass is 312 g/mol. The van der Waals surface area contributed by atoms with Gasteiger partial charge in [-0.3, -0.25) is 10.1 Å². The zero-order chi connectivity index (χ0) is 15.4. The van der Waals surface area contributed by atoms with Crippen LogP contribution in [-0.4, -0.2) is 34.0 Å². The van der Waals surface area contributed by atoms with Crippen molar-refractivity contribution in [2.24, 2.45) is 5.73 Å². The van der Waals surface area contributed by atoms with Crippen LogP contribution in [0.1, 0.15) is 29.8 Å². The van der Waals surface area contributed by atoms with Crippen LogP contribution >= 0.6 is 11.3 Å². The maximum absolute atomic E-state index is 11.8. The lowest BCUT2D eigenvalue weighted by Crippen LogP contribution is -2.45. The number of hydrogen-bond acceptors (Lipinski definition) is 5. The Hall–Kier alpha value is -2.16. The lowest BCUT2D eigenvalue weighted by atomic mass is 10.0. The molecule has 0 bridgehead atoms. The lowest BCUT2D eigenvalue weighted by molar-refractivity contribution is -0.140. The van der Waals surface area contributed by atoms with Crippen molar-refractivity contribution in [3.05, 3.63) is 10.6 Å². The Morgan fingerprint density at radius 1 is 1.33 bits per heavy atom. The summed E-state index contributed by atoms with van der Waals surface area (Å²) in [7, 11) is 0. The Balaban J connectivity index is 1.95. The van der Waals surface area contributed by atoms with E-state index in [-0.39, 0.29) is 0 Å². The number of nitrogens with two attached hydrogens (primary N) is 1. The second-order valence-corrected chi connectivity index (χ2v) is 5.84. The van der Waals surface area contributed by atoms with E-state index in [0.717, 1.165) is 36.3 Å². The van der Waals surface area contributed by atoms with Crippen LogP contribution in [-0.2, 0) is 22.4 Å². The summed E-state index contributed by atoms with van der Waals surface area (Å²) in [5, 5.41) is 14.0. The minimum Gasteiger partial charge on any atom is -0.480 e. The van der Waals surface area contributed by atoms with E-state index >= 15 is 0 Å². The molecule has 0 aromatic carbocycles.